The standard InChI is InChI=1S/C13H17BrFNO/c1-16(8-13(9-17)4-5-13)7-10-6-11(14)2-3-12(10)15/h2-3,6,17H,4-5,7-9H2,1H3. The minimum Gasteiger partial charge on any atom is -0.396 e. The van der Waals surface area contributed by atoms with Crippen LogP contribution in [0.5, 0.6) is 0 Å². The van der Waals surface area contributed by atoms with Crippen LogP contribution in [0.15, 0.2) is 22.7 Å². The highest BCUT2D eigenvalue weighted by molar-refractivity contribution is 9.10. The number of rotatable bonds is 5. The lowest BCUT2D eigenvalue weighted by molar-refractivity contribution is 0.160. The molecular weight excluding hydrogens is 285 g/mol. The molecule has 94 valence electrons. The van der Waals surface area contributed by atoms with Crippen LogP contribution in [-0.2, 0) is 6.54 Å². The maximum absolute atomic E-state index is 13.6. The van der Waals surface area contributed by atoms with Gasteiger partial charge < -0.3 is 10.0 Å². The summed E-state index contributed by atoms with van der Waals surface area (Å²) in [5.74, 6) is -0.172. The summed E-state index contributed by atoms with van der Waals surface area (Å²) in [6.07, 6.45) is 2.16. The highest BCUT2D eigenvalue weighted by atomic mass is 79.9. The number of benzene rings is 1. The highest BCUT2D eigenvalue weighted by Gasteiger charge is 2.42. The van der Waals surface area contributed by atoms with Crippen LogP contribution in [0.3, 0.4) is 0 Å². The van der Waals surface area contributed by atoms with Crippen molar-refractivity contribution in [3.05, 3.63) is 34.1 Å². The lowest BCUT2D eigenvalue weighted by Gasteiger charge is -2.22. The van der Waals surface area contributed by atoms with E-state index in [1.54, 1.807) is 6.07 Å². The quantitative estimate of drug-likeness (QED) is 0.904. The van der Waals surface area contributed by atoms with E-state index >= 15 is 0 Å². The summed E-state index contributed by atoms with van der Waals surface area (Å²) in [5, 5.41) is 9.26. The fraction of sp³-hybridized carbons (Fsp3) is 0.538. The van der Waals surface area contributed by atoms with Gasteiger partial charge >= 0.3 is 0 Å². The Hall–Kier alpha value is -0.450. The number of hydrogen-bond donors (Lipinski definition) is 1. The highest BCUT2D eigenvalue weighted by Crippen LogP contribution is 2.45. The molecule has 0 radical (unpaired) electrons. The van der Waals surface area contributed by atoms with Gasteiger partial charge in [-0.1, -0.05) is 15.9 Å². The normalized spacial score (nSPS) is 17.5. The summed E-state index contributed by atoms with van der Waals surface area (Å²) in [6.45, 7) is 1.64. The number of hydrogen-bond acceptors (Lipinski definition) is 2. The zero-order valence-corrected chi connectivity index (χ0v) is 11.5. The average Bonchev–Trinajstić information content (AvgIpc) is 3.04. The zero-order chi connectivity index (χ0) is 12.5. The SMILES string of the molecule is CN(Cc1cc(Br)ccc1F)CC1(CO)CC1. The van der Waals surface area contributed by atoms with Crippen molar-refractivity contribution in [2.24, 2.45) is 5.41 Å². The van der Waals surface area contributed by atoms with Crippen LogP contribution in [0.1, 0.15) is 18.4 Å². The third-order valence-electron chi connectivity index (χ3n) is 3.35. The van der Waals surface area contributed by atoms with Gasteiger partial charge in [-0.25, -0.2) is 4.39 Å². The van der Waals surface area contributed by atoms with Crippen molar-refractivity contribution in [3.8, 4) is 0 Å². The van der Waals surface area contributed by atoms with Gasteiger partial charge in [0.05, 0.1) is 0 Å². The summed E-state index contributed by atoms with van der Waals surface area (Å²) in [6, 6.07) is 4.99. The maximum Gasteiger partial charge on any atom is 0.127 e. The van der Waals surface area contributed by atoms with E-state index < -0.39 is 0 Å². The Kier molecular flexibility index (Phi) is 3.85. The largest absolute Gasteiger partial charge is 0.396 e. The molecule has 0 heterocycles. The first-order chi connectivity index (χ1) is 8.04. The van der Waals surface area contributed by atoms with Crippen molar-refractivity contribution >= 4 is 15.9 Å². The minimum atomic E-state index is -0.172. The van der Waals surface area contributed by atoms with Gasteiger partial charge in [0.25, 0.3) is 0 Å². The predicted molar refractivity (Wildman–Crippen MR) is 69.2 cm³/mol. The second kappa shape index (κ2) is 5.04. The van der Waals surface area contributed by atoms with Crippen molar-refractivity contribution in [1.82, 2.24) is 4.90 Å². The van der Waals surface area contributed by atoms with Crippen molar-refractivity contribution < 1.29 is 9.50 Å². The molecule has 1 aliphatic carbocycles. The van der Waals surface area contributed by atoms with Crippen LogP contribution >= 0.6 is 15.9 Å². The van der Waals surface area contributed by atoms with Crippen molar-refractivity contribution in [3.63, 3.8) is 0 Å². The van der Waals surface area contributed by atoms with Crippen molar-refractivity contribution in [1.29, 1.82) is 0 Å². The molecule has 0 spiro atoms. The molecule has 1 aromatic rings. The van der Waals surface area contributed by atoms with Gasteiger partial charge in [0.15, 0.2) is 0 Å². The second-order valence-corrected chi connectivity index (χ2v) is 5.98. The van der Waals surface area contributed by atoms with Gasteiger partial charge in [0, 0.05) is 35.1 Å². The minimum absolute atomic E-state index is 0.0806. The van der Waals surface area contributed by atoms with Crippen LogP contribution in [0, 0.1) is 11.2 Å². The lowest BCUT2D eigenvalue weighted by Crippen LogP contribution is -2.28. The van der Waals surface area contributed by atoms with Crippen LogP contribution in [0.4, 0.5) is 4.39 Å². The molecule has 1 aliphatic rings. The van der Waals surface area contributed by atoms with Gasteiger partial charge in [0.2, 0.25) is 0 Å². The van der Waals surface area contributed by atoms with E-state index in [0.717, 1.165) is 23.9 Å². The monoisotopic (exact) mass is 301 g/mol. The van der Waals surface area contributed by atoms with E-state index in [-0.39, 0.29) is 17.8 Å². The Morgan fingerprint density at radius 1 is 1.47 bits per heavy atom. The number of aliphatic hydroxyl groups is 1. The fourth-order valence-corrected chi connectivity index (χ4v) is 2.54. The van der Waals surface area contributed by atoms with E-state index in [2.05, 4.69) is 20.8 Å². The maximum atomic E-state index is 13.6. The summed E-state index contributed by atoms with van der Waals surface area (Å²) >= 11 is 3.35. The van der Waals surface area contributed by atoms with Crippen LogP contribution in [-0.4, -0.2) is 30.2 Å². The topological polar surface area (TPSA) is 23.5 Å². The van der Waals surface area contributed by atoms with Crippen molar-refractivity contribution in [2.75, 3.05) is 20.2 Å². The van der Waals surface area contributed by atoms with Gasteiger partial charge in [-0.3, -0.25) is 0 Å². The molecule has 0 saturated heterocycles. The molecule has 17 heavy (non-hydrogen) atoms. The Morgan fingerprint density at radius 3 is 2.76 bits per heavy atom. The zero-order valence-electron chi connectivity index (χ0n) is 9.92. The molecule has 1 saturated carbocycles. The number of nitrogens with zero attached hydrogens (tertiary/aromatic N) is 1. The predicted octanol–water partition coefficient (Wildman–Crippen LogP) is 2.79. The molecule has 0 atom stereocenters. The third kappa shape index (κ3) is 3.27. The van der Waals surface area contributed by atoms with E-state index in [1.165, 1.54) is 6.07 Å². The van der Waals surface area contributed by atoms with Gasteiger partial charge in [-0.05, 0) is 38.1 Å². The van der Waals surface area contributed by atoms with E-state index in [4.69, 9.17) is 0 Å². The molecule has 1 N–H and O–H groups in total. The molecule has 0 aliphatic heterocycles. The summed E-state index contributed by atoms with van der Waals surface area (Å²) in [7, 11) is 1.97. The van der Waals surface area contributed by atoms with Gasteiger partial charge in [0.1, 0.15) is 5.82 Å². The Labute approximate surface area is 110 Å². The Balaban J connectivity index is 1.98. The molecule has 2 rings (SSSR count). The van der Waals surface area contributed by atoms with Gasteiger partial charge in [-0.2, -0.15) is 0 Å². The first-order valence-electron chi connectivity index (χ1n) is 5.78. The first-order valence-corrected chi connectivity index (χ1v) is 6.57. The lowest BCUT2D eigenvalue weighted by atomic mass is 10.1. The summed E-state index contributed by atoms with van der Waals surface area (Å²) in [4.78, 5) is 2.08. The molecule has 0 unspecified atom stereocenters. The second-order valence-electron chi connectivity index (χ2n) is 5.07. The molecule has 0 bridgehead atoms. The van der Waals surface area contributed by atoms with Crippen LogP contribution in [0.25, 0.3) is 0 Å². The number of halogens is 2. The average molecular weight is 302 g/mol. The first kappa shape index (κ1) is 13.0. The van der Waals surface area contributed by atoms with Crippen LogP contribution in [0.2, 0.25) is 0 Å². The molecule has 2 nitrogen and oxygen atoms in total. The van der Waals surface area contributed by atoms with E-state index in [9.17, 15) is 9.50 Å². The Morgan fingerprint density at radius 2 is 2.18 bits per heavy atom. The number of aliphatic hydroxyl groups excluding tert-OH is 1. The molecule has 1 fully saturated rings. The molecule has 1 aromatic carbocycles. The summed E-state index contributed by atoms with van der Waals surface area (Å²) in [5.41, 5.74) is 0.771. The van der Waals surface area contributed by atoms with Crippen LogP contribution < -0.4 is 0 Å². The smallest absolute Gasteiger partial charge is 0.127 e. The molecular formula is C13H17BrFNO. The van der Waals surface area contributed by atoms with Gasteiger partial charge in [-0.15, -0.1) is 0 Å². The molecule has 0 aromatic heterocycles. The van der Waals surface area contributed by atoms with E-state index in [0.29, 0.717) is 12.1 Å². The fourth-order valence-electron chi connectivity index (χ4n) is 2.13. The summed E-state index contributed by atoms with van der Waals surface area (Å²) < 4.78 is 14.5. The molecule has 4 heteroatoms. The van der Waals surface area contributed by atoms with E-state index in [1.807, 2.05) is 13.1 Å². The Bertz CT molecular complexity index is 406. The third-order valence-corrected chi connectivity index (χ3v) is 3.84. The molecule has 0 amide bonds. The van der Waals surface area contributed by atoms with Crippen molar-refractivity contribution in [2.45, 2.75) is 19.4 Å².